The Kier molecular flexibility index (Phi) is 4.68. The third-order valence-electron chi connectivity index (χ3n) is 3.95. The summed E-state index contributed by atoms with van der Waals surface area (Å²) >= 11 is 0. The highest BCUT2D eigenvalue weighted by atomic mass is 16.5. The van der Waals surface area contributed by atoms with Crippen LogP contribution in [-0.4, -0.2) is 35.1 Å². The summed E-state index contributed by atoms with van der Waals surface area (Å²) in [6.45, 7) is 4.93. The summed E-state index contributed by atoms with van der Waals surface area (Å²) in [7, 11) is 0. The van der Waals surface area contributed by atoms with Crippen LogP contribution in [0.4, 0.5) is 0 Å². The summed E-state index contributed by atoms with van der Waals surface area (Å²) in [5.74, 6) is 0. The van der Waals surface area contributed by atoms with Crippen LogP contribution in [0, 0.1) is 0 Å². The van der Waals surface area contributed by atoms with E-state index < -0.39 is 0 Å². The zero-order valence-electron chi connectivity index (χ0n) is 12.5. The van der Waals surface area contributed by atoms with Crippen molar-refractivity contribution in [2.24, 2.45) is 0 Å². The van der Waals surface area contributed by atoms with Gasteiger partial charge in [-0.25, -0.2) is 0 Å². The van der Waals surface area contributed by atoms with Gasteiger partial charge in [-0.3, -0.25) is 4.68 Å². The second-order valence-corrected chi connectivity index (χ2v) is 5.58. The third-order valence-corrected chi connectivity index (χ3v) is 3.95. The Morgan fingerprint density at radius 2 is 2.00 bits per heavy atom. The van der Waals surface area contributed by atoms with E-state index in [1.807, 2.05) is 16.9 Å². The largest absolute Gasteiger partial charge is 0.372 e. The number of benzene rings is 1. The predicted molar refractivity (Wildman–Crippen MR) is 84.1 cm³/mol. The summed E-state index contributed by atoms with van der Waals surface area (Å²) in [4.78, 5) is 0. The van der Waals surface area contributed by atoms with E-state index in [0.717, 1.165) is 38.0 Å². The van der Waals surface area contributed by atoms with Crippen molar-refractivity contribution in [1.29, 1.82) is 0 Å². The zero-order valence-corrected chi connectivity index (χ0v) is 12.5. The highest BCUT2D eigenvalue weighted by Crippen LogP contribution is 2.22. The fourth-order valence-corrected chi connectivity index (χ4v) is 2.82. The lowest BCUT2D eigenvalue weighted by Gasteiger charge is -2.14. The second-order valence-electron chi connectivity index (χ2n) is 5.58. The van der Waals surface area contributed by atoms with Gasteiger partial charge in [0.25, 0.3) is 0 Å². The molecule has 0 amide bonds. The first kappa shape index (κ1) is 14.3. The van der Waals surface area contributed by atoms with Gasteiger partial charge in [-0.2, -0.15) is 5.10 Å². The summed E-state index contributed by atoms with van der Waals surface area (Å²) in [5, 5.41) is 7.82. The maximum atomic E-state index is 6.06. The van der Waals surface area contributed by atoms with Crippen LogP contribution in [0.15, 0.2) is 42.7 Å². The number of hydrogen-bond acceptors (Lipinski definition) is 3. The monoisotopic (exact) mass is 285 g/mol. The lowest BCUT2D eigenvalue weighted by molar-refractivity contribution is 0.0345. The molecule has 112 valence electrons. The lowest BCUT2D eigenvalue weighted by Crippen LogP contribution is -2.27. The summed E-state index contributed by atoms with van der Waals surface area (Å²) < 4.78 is 8.06. The van der Waals surface area contributed by atoms with Crippen LogP contribution >= 0.6 is 0 Å². The van der Waals surface area contributed by atoms with Gasteiger partial charge in [0.15, 0.2) is 0 Å². The molecule has 0 aliphatic carbocycles. The minimum absolute atomic E-state index is 0.289. The maximum absolute atomic E-state index is 6.06. The molecule has 1 aromatic carbocycles. The summed E-state index contributed by atoms with van der Waals surface area (Å²) in [5.41, 5.74) is 2.37. The molecule has 2 atom stereocenters. The van der Waals surface area contributed by atoms with Crippen molar-refractivity contribution in [1.82, 2.24) is 15.1 Å². The van der Waals surface area contributed by atoms with Crippen molar-refractivity contribution in [3.8, 4) is 11.1 Å². The fraction of sp³-hybridized carbons (Fsp3) is 0.471. The summed E-state index contributed by atoms with van der Waals surface area (Å²) in [6, 6.07) is 10.4. The highest BCUT2D eigenvalue weighted by molar-refractivity contribution is 5.61. The standard InChI is InChI=1S/C17H23N3O/c1-2-18-11-16-8-9-17(21-16)13-20-12-15(10-19-20)14-6-4-3-5-7-14/h3-7,10,12,16-18H,2,8-9,11,13H2,1H3. The van der Waals surface area contributed by atoms with Gasteiger partial charge < -0.3 is 10.1 Å². The van der Waals surface area contributed by atoms with E-state index in [1.54, 1.807) is 0 Å². The van der Waals surface area contributed by atoms with Crippen molar-refractivity contribution in [2.75, 3.05) is 13.1 Å². The molecule has 0 spiro atoms. The number of aromatic nitrogens is 2. The van der Waals surface area contributed by atoms with E-state index in [2.05, 4.69) is 47.8 Å². The van der Waals surface area contributed by atoms with Crippen LogP contribution in [0.25, 0.3) is 11.1 Å². The number of rotatable bonds is 6. The van der Waals surface area contributed by atoms with Gasteiger partial charge in [0.1, 0.15) is 0 Å². The van der Waals surface area contributed by atoms with Crippen molar-refractivity contribution in [2.45, 2.75) is 38.5 Å². The van der Waals surface area contributed by atoms with Crippen LogP contribution < -0.4 is 5.32 Å². The first-order valence-corrected chi connectivity index (χ1v) is 7.79. The Morgan fingerprint density at radius 3 is 2.81 bits per heavy atom. The molecular formula is C17H23N3O. The maximum Gasteiger partial charge on any atom is 0.0776 e. The molecule has 2 unspecified atom stereocenters. The number of likely N-dealkylation sites (N-methyl/N-ethyl adjacent to an activating group) is 1. The molecule has 21 heavy (non-hydrogen) atoms. The fourth-order valence-electron chi connectivity index (χ4n) is 2.82. The van der Waals surface area contributed by atoms with Gasteiger partial charge in [-0.05, 0) is 24.9 Å². The van der Waals surface area contributed by atoms with Crippen molar-refractivity contribution >= 4 is 0 Å². The quantitative estimate of drug-likeness (QED) is 0.887. The average Bonchev–Trinajstić information content (AvgIpc) is 3.16. The number of nitrogens with one attached hydrogen (secondary N) is 1. The third kappa shape index (κ3) is 3.71. The normalized spacial score (nSPS) is 21.8. The Hall–Kier alpha value is -1.65. The Morgan fingerprint density at radius 1 is 1.19 bits per heavy atom. The van der Waals surface area contributed by atoms with E-state index >= 15 is 0 Å². The smallest absolute Gasteiger partial charge is 0.0776 e. The molecule has 1 aliphatic heterocycles. The molecule has 4 nitrogen and oxygen atoms in total. The molecule has 0 saturated carbocycles. The molecule has 0 bridgehead atoms. The van der Waals surface area contributed by atoms with E-state index in [-0.39, 0.29) is 6.10 Å². The molecule has 1 aliphatic rings. The van der Waals surface area contributed by atoms with Crippen LogP contribution in [0.3, 0.4) is 0 Å². The van der Waals surface area contributed by atoms with Gasteiger partial charge in [-0.1, -0.05) is 37.3 Å². The van der Waals surface area contributed by atoms with E-state index in [9.17, 15) is 0 Å². The molecule has 1 N–H and O–H groups in total. The van der Waals surface area contributed by atoms with Crippen LogP contribution in [0.2, 0.25) is 0 Å². The molecule has 3 rings (SSSR count). The topological polar surface area (TPSA) is 39.1 Å². The molecule has 1 aromatic heterocycles. The summed E-state index contributed by atoms with van der Waals surface area (Å²) in [6.07, 6.45) is 6.95. The second kappa shape index (κ2) is 6.87. The van der Waals surface area contributed by atoms with Crippen LogP contribution in [0.5, 0.6) is 0 Å². The lowest BCUT2D eigenvalue weighted by atomic mass is 10.1. The predicted octanol–water partition coefficient (Wildman–Crippen LogP) is 2.71. The molecule has 1 saturated heterocycles. The number of ether oxygens (including phenoxy) is 1. The molecule has 2 aromatic rings. The Bertz CT molecular complexity index is 552. The van der Waals surface area contributed by atoms with Crippen LogP contribution in [-0.2, 0) is 11.3 Å². The first-order chi connectivity index (χ1) is 10.3. The van der Waals surface area contributed by atoms with E-state index in [0.29, 0.717) is 6.10 Å². The minimum atomic E-state index is 0.289. The number of hydrogen-bond donors (Lipinski definition) is 1. The van der Waals surface area contributed by atoms with Crippen molar-refractivity contribution in [3.63, 3.8) is 0 Å². The minimum Gasteiger partial charge on any atom is -0.372 e. The molecule has 1 fully saturated rings. The van der Waals surface area contributed by atoms with Crippen molar-refractivity contribution in [3.05, 3.63) is 42.7 Å². The molecule has 4 heteroatoms. The van der Waals surface area contributed by atoms with Gasteiger partial charge in [0.2, 0.25) is 0 Å². The SMILES string of the molecule is CCNCC1CCC(Cn2cc(-c3ccccc3)cn2)O1. The van der Waals surface area contributed by atoms with E-state index in [4.69, 9.17) is 4.74 Å². The molecular weight excluding hydrogens is 262 g/mol. The number of nitrogens with zero attached hydrogens (tertiary/aromatic N) is 2. The van der Waals surface area contributed by atoms with Gasteiger partial charge in [0, 0.05) is 18.3 Å². The highest BCUT2D eigenvalue weighted by Gasteiger charge is 2.25. The van der Waals surface area contributed by atoms with Gasteiger partial charge in [0.05, 0.1) is 24.9 Å². The van der Waals surface area contributed by atoms with Crippen LogP contribution in [0.1, 0.15) is 19.8 Å². The first-order valence-electron chi connectivity index (χ1n) is 7.79. The Labute approximate surface area is 126 Å². The molecule has 2 heterocycles. The van der Waals surface area contributed by atoms with Gasteiger partial charge in [-0.15, -0.1) is 0 Å². The Balaban J connectivity index is 1.56. The van der Waals surface area contributed by atoms with Crippen molar-refractivity contribution < 1.29 is 4.74 Å². The average molecular weight is 285 g/mol. The van der Waals surface area contributed by atoms with E-state index in [1.165, 1.54) is 5.56 Å². The molecule has 0 radical (unpaired) electrons. The van der Waals surface area contributed by atoms with Gasteiger partial charge >= 0.3 is 0 Å². The zero-order chi connectivity index (χ0) is 14.5.